The van der Waals surface area contributed by atoms with Crippen LogP contribution in [0.2, 0.25) is 0 Å². The van der Waals surface area contributed by atoms with E-state index in [2.05, 4.69) is 13.8 Å². The van der Waals surface area contributed by atoms with Gasteiger partial charge in [-0.3, -0.25) is 9.59 Å². The standard InChI is InChI=1S/C34H66O4/c1-3-5-7-8-9-10-11-12-13-14-15-16-17-18-19-20-21-22-23-27-31-34(37)38-32(28-6-4-2)29-25-24-26-30-33(35)36/h32H,3-31H2,1-2H3,(H,35,36). The summed E-state index contributed by atoms with van der Waals surface area (Å²) in [7, 11) is 0. The Morgan fingerprint density at radius 2 is 0.816 bits per heavy atom. The predicted octanol–water partition coefficient (Wildman–Crippen LogP) is 11.3. The lowest BCUT2D eigenvalue weighted by molar-refractivity contribution is -0.150. The van der Waals surface area contributed by atoms with Crippen LogP contribution in [0, 0.1) is 0 Å². The second-order valence-electron chi connectivity index (χ2n) is 11.7. The van der Waals surface area contributed by atoms with Crippen molar-refractivity contribution in [1.82, 2.24) is 0 Å². The summed E-state index contributed by atoms with van der Waals surface area (Å²) in [4.78, 5) is 22.9. The summed E-state index contributed by atoms with van der Waals surface area (Å²) in [5.41, 5.74) is 0. The number of rotatable bonds is 31. The van der Waals surface area contributed by atoms with Gasteiger partial charge in [0.2, 0.25) is 0 Å². The Bertz CT molecular complexity index is 505. The fraction of sp³-hybridized carbons (Fsp3) is 0.941. The molecule has 0 aromatic heterocycles. The molecule has 0 aromatic carbocycles. The molecule has 0 aliphatic rings. The van der Waals surface area contributed by atoms with E-state index in [4.69, 9.17) is 9.84 Å². The third-order valence-electron chi connectivity index (χ3n) is 7.83. The molecule has 0 aromatic rings. The zero-order chi connectivity index (χ0) is 27.9. The van der Waals surface area contributed by atoms with Gasteiger partial charge in [0.15, 0.2) is 0 Å². The van der Waals surface area contributed by atoms with E-state index >= 15 is 0 Å². The van der Waals surface area contributed by atoms with Gasteiger partial charge in [-0.2, -0.15) is 0 Å². The van der Waals surface area contributed by atoms with Gasteiger partial charge in [-0.15, -0.1) is 0 Å². The maximum absolute atomic E-state index is 12.3. The Balaban J connectivity index is 3.47. The summed E-state index contributed by atoms with van der Waals surface area (Å²) in [5.74, 6) is -0.771. The lowest BCUT2D eigenvalue weighted by Crippen LogP contribution is -2.18. The van der Waals surface area contributed by atoms with Crippen molar-refractivity contribution >= 4 is 11.9 Å². The van der Waals surface area contributed by atoms with Crippen LogP contribution in [0.1, 0.15) is 200 Å². The third kappa shape index (κ3) is 29.5. The first-order chi connectivity index (χ1) is 18.6. The van der Waals surface area contributed by atoms with Crippen LogP contribution in [0.25, 0.3) is 0 Å². The summed E-state index contributed by atoms with van der Waals surface area (Å²) in [5, 5.41) is 8.74. The first kappa shape index (κ1) is 36.9. The summed E-state index contributed by atoms with van der Waals surface area (Å²) < 4.78 is 5.77. The van der Waals surface area contributed by atoms with Gasteiger partial charge in [-0.1, -0.05) is 155 Å². The summed E-state index contributed by atoms with van der Waals surface area (Å²) in [6.45, 7) is 4.45. The highest BCUT2D eigenvalue weighted by atomic mass is 16.5. The van der Waals surface area contributed by atoms with E-state index in [1.807, 2.05) is 0 Å². The minimum atomic E-state index is -0.728. The number of esters is 1. The molecule has 0 heterocycles. The van der Waals surface area contributed by atoms with E-state index in [0.717, 1.165) is 51.4 Å². The molecular formula is C34H66O4. The average Bonchev–Trinajstić information content (AvgIpc) is 2.90. The van der Waals surface area contributed by atoms with E-state index in [1.54, 1.807) is 0 Å². The van der Waals surface area contributed by atoms with Gasteiger partial charge in [-0.25, -0.2) is 0 Å². The molecule has 0 saturated carbocycles. The molecule has 0 saturated heterocycles. The topological polar surface area (TPSA) is 63.6 Å². The fourth-order valence-electron chi connectivity index (χ4n) is 5.29. The number of hydrogen-bond acceptors (Lipinski definition) is 3. The van der Waals surface area contributed by atoms with E-state index in [0.29, 0.717) is 12.8 Å². The van der Waals surface area contributed by atoms with Crippen LogP contribution in [0.3, 0.4) is 0 Å². The summed E-state index contributed by atoms with van der Waals surface area (Å²) >= 11 is 0. The first-order valence-corrected chi connectivity index (χ1v) is 17.0. The van der Waals surface area contributed by atoms with Crippen molar-refractivity contribution < 1.29 is 19.4 Å². The largest absolute Gasteiger partial charge is 0.481 e. The maximum Gasteiger partial charge on any atom is 0.306 e. The van der Waals surface area contributed by atoms with Crippen molar-refractivity contribution in [2.75, 3.05) is 0 Å². The number of ether oxygens (including phenoxy) is 1. The van der Waals surface area contributed by atoms with Crippen LogP contribution in [0.15, 0.2) is 0 Å². The molecule has 0 aliphatic heterocycles. The highest BCUT2D eigenvalue weighted by molar-refractivity contribution is 5.69. The number of carboxylic acids is 1. The highest BCUT2D eigenvalue weighted by Crippen LogP contribution is 2.17. The van der Waals surface area contributed by atoms with Gasteiger partial charge < -0.3 is 9.84 Å². The minimum Gasteiger partial charge on any atom is -0.481 e. The molecule has 0 fully saturated rings. The van der Waals surface area contributed by atoms with Crippen LogP contribution >= 0.6 is 0 Å². The normalized spacial score (nSPS) is 12.1. The van der Waals surface area contributed by atoms with Crippen molar-refractivity contribution in [1.29, 1.82) is 0 Å². The van der Waals surface area contributed by atoms with E-state index in [-0.39, 0.29) is 18.5 Å². The van der Waals surface area contributed by atoms with Crippen molar-refractivity contribution in [2.45, 2.75) is 206 Å². The molecule has 4 nitrogen and oxygen atoms in total. The Morgan fingerprint density at radius 3 is 1.24 bits per heavy atom. The molecule has 1 unspecified atom stereocenters. The lowest BCUT2D eigenvalue weighted by atomic mass is 10.0. The third-order valence-corrected chi connectivity index (χ3v) is 7.83. The number of carbonyl (C=O) groups excluding carboxylic acids is 1. The van der Waals surface area contributed by atoms with Gasteiger partial charge in [-0.05, 0) is 32.1 Å². The monoisotopic (exact) mass is 538 g/mol. The smallest absolute Gasteiger partial charge is 0.306 e. The molecular weight excluding hydrogens is 472 g/mol. The van der Waals surface area contributed by atoms with Crippen molar-refractivity contribution in [3.63, 3.8) is 0 Å². The SMILES string of the molecule is CCCCCCCCCCCCCCCCCCCCCCC(=O)OC(CCCC)CCCCCC(=O)O. The Labute approximate surface area is 237 Å². The van der Waals surface area contributed by atoms with Crippen molar-refractivity contribution in [3.8, 4) is 0 Å². The van der Waals surface area contributed by atoms with Gasteiger partial charge >= 0.3 is 11.9 Å². The second kappa shape index (κ2) is 30.5. The highest BCUT2D eigenvalue weighted by Gasteiger charge is 2.14. The summed E-state index contributed by atoms with van der Waals surface area (Å²) in [6.07, 6.45) is 34.6. The Kier molecular flexibility index (Phi) is 29.6. The molecule has 4 heteroatoms. The van der Waals surface area contributed by atoms with Crippen molar-refractivity contribution in [2.24, 2.45) is 0 Å². The molecule has 0 amide bonds. The van der Waals surface area contributed by atoms with Crippen LogP contribution < -0.4 is 0 Å². The zero-order valence-corrected chi connectivity index (χ0v) is 25.8. The van der Waals surface area contributed by atoms with Crippen LogP contribution in [-0.4, -0.2) is 23.1 Å². The van der Waals surface area contributed by atoms with E-state index < -0.39 is 5.97 Å². The molecule has 226 valence electrons. The van der Waals surface area contributed by atoms with E-state index in [9.17, 15) is 9.59 Å². The zero-order valence-electron chi connectivity index (χ0n) is 25.8. The summed E-state index contributed by atoms with van der Waals surface area (Å²) in [6, 6.07) is 0. The van der Waals surface area contributed by atoms with Crippen LogP contribution in [0.4, 0.5) is 0 Å². The molecule has 0 bridgehead atoms. The first-order valence-electron chi connectivity index (χ1n) is 17.0. The van der Waals surface area contributed by atoms with E-state index in [1.165, 1.54) is 116 Å². The minimum absolute atomic E-state index is 0.0115. The van der Waals surface area contributed by atoms with Crippen molar-refractivity contribution in [3.05, 3.63) is 0 Å². The fourth-order valence-corrected chi connectivity index (χ4v) is 5.29. The predicted molar refractivity (Wildman–Crippen MR) is 163 cm³/mol. The molecule has 0 rings (SSSR count). The molecule has 0 spiro atoms. The number of carboxylic acid groups (broad SMARTS) is 1. The lowest BCUT2D eigenvalue weighted by Gasteiger charge is -2.17. The van der Waals surface area contributed by atoms with Crippen LogP contribution in [0.5, 0.6) is 0 Å². The Hall–Kier alpha value is -1.06. The second-order valence-corrected chi connectivity index (χ2v) is 11.7. The molecule has 1 N–H and O–H groups in total. The number of hydrogen-bond donors (Lipinski definition) is 1. The maximum atomic E-state index is 12.3. The number of carbonyl (C=O) groups is 2. The van der Waals surface area contributed by atoms with Gasteiger partial charge in [0.05, 0.1) is 0 Å². The Morgan fingerprint density at radius 1 is 0.474 bits per heavy atom. The molecule has 0 aliphatic carbocycles. The molecule has 38 heavy (non-hydrogen) atoms. The molecule has 0 radical (unpaired) electrons. The van der Waals surface area contributed by atoms with Gasteiger partial charge in [0, 0.05) is 12.8 Å². The quantitative estimate of drug-likeness (QED) is 0.0704. The number of aliphatic carboxylic acids is 1. The van der Waals surface area contributed by atoms with Crippen LogP contribution in [-0.2, 0) is 14.3 Å². The van der Waals surface area contributed by atoms with Gasteiger partial charge in [0.25, 0.3) is 0 Å². The van der Waals surface area contributed by atoms with Gasteiger partial charge in [0.1, 0.15) is 6.10 Å². The molecule has 1 atom stereocenters. The average molecular weight is 539 g/mol. The number of unbranched alkanes of at least 4 members (excludes halogenated alkanes) is 22.